The van der Waals surface area contributed by atoms with E-state index in [1.165, 1.54) is 17.5 Å². The van der Waals surface area contributed by atoms with Gasteiger partial charge in [0, 0.05) is 11.5 Å². The van der Waals surface area contributed by atoms with E-state index in [1.54, 1.807) is 0 Å². The Hall–Kier alpha value is -1.02. The monoisotopic (exact) mass is 205 g/mol. The Balaban J connectivity index is 2.21. The van der Waals surface area contributed by atoms with E-state index < -0.39 is 0 Å². The number of hydrogen-bond acceptors (Lipinski definition) is 2. The summed E-state index contributed by atoms with van der Waals surface area (Å²) >= 11 is 0. The zero-order valence-electron chi connectivity index (χ0n) is 9.33. The maximum atomic E-state index is 5.64. The van der Waals surface area contributed by atoms with E-state index >= 15 is 0 Å². The Morgan fingerprint density at radius 1 is 1.47 bits per heavy atom. The van der Waals surface area contributed by atoms with Crippen molar-refractivity contribution in [1.29, 1.82) is 0 Å². The fourth-order valence-electron chi connectivity index (χ4n) is 2.21. The summed E-state index contributed by atoms with van der Waals surface area (Å²) in [6.45, 7) is 3.76. The molecule has 1 heterocycles. The smallest absolute Gasteiger partial charge is 0.122 e. The van der Waals surface area contributed by atoms with Gasteiger partial charge in [-0.25, -0.2) is 0 Å². The molecule has 1 aliphatic heterocycles. The number of rotatable bonds is 4. The predicted molar refractivity (Wildman–Crippen MR) is 62.3 cm³/mol. The van der Waals surface area contributed by atoms with Crippen molar-refractivity contribution in [2.75, 3.05) is 13.2 Å². The first-order chi connectivity index (χ1) is 7.35. The molecule has 0 fully saturated rings. The predicted octanol–water partition coefficient (Wildman–Crippen LogP) is 2.46. The van der Waals surface area contributed by atoms with Crippen LogP contribution in [0, 0.1) is 0 Å². The van der Waals surface area contributed by atoms with Crippen molar-refractivity contribution in [1.82, 2.24) is 0 Å². The number of aryl methyl sites for hydroxylation is 1. The van der Waals surface area contributed by atoms with Gasteiger partial charge < -0.3 is 10.5 Å². The quantitative estimate of drug-likeness (QED) is 0.819. The zero-order chi connectivity index (χ0) is 10.7. The molecule has 1 aromatic rings. The van der Waals surface area contributed by atoms with E-state index in [9.17, 15) is 0 Å². The van der Waals surface area contributed by atoms with Crippen molar-refractivity contribution in [3.05, 3.63) is 29.3 Å². The van der Waals surface area contributed by atoms with Crippen molar-refractivity contribution in [3.63, 3.8) is 0 Å². The number of ether oxygens (including phenoxy) is 1. The average molecular weight is 205 g/mol. The third-order valence-corrected chi connectivity index (χ3v) is 3.01. The highest BCUT2D eigenvalue weighted by Gasteiger charge is 2.23. The molecule has 0 amide bonds. The molecule has 0 bridgehead atoms. The van der Waals surface area contributed by atoms with Crippen LogP contribution in [0.1, 0.15) is 36.8 Å². The van der Waals surface area contributed by atoms with E-state index in [2.05, 4.69) is 25.1 Å². The largest absolute Gasteiger partial charge is 0.493 e. The second kappa shape index (κ2) is 4.67. The summed E-state index contributed by atoms with van der Waals surface area (Å²) in [6.07, 6.45) is 3.38. The minimum Gasteiger partial charge on any atom is -0.493 e. The van der Waals surface area contributed by atoms with Gasteiger partial charge in [0.15, 0.2) is 0 Å². The van der Waals surface area contributed by atoms with Crippen LogP contribution >= 0.6 is 0 Å². The molecule has 0 spiro atoms. The summed E-state index contributed by atoms with van der Waals surface area (Å²) in [5.74, 6) is 1.58. The van der Waals surface area contributed by atoms with Crippen LogP contribution in [0.5, 0.6) is 5.75 Å². The summed E-state index contributed by atoms with van der Waals surface area (Å²) in [4.78, 5) is 0. The number of fused-ring (bicyclic) bond motifs is 1. The molecule has 0 aromatic heterocycles. The Morgan fingerprint density at radius 2 is 2.33 bits per heavy atom. The minimum atomic E-state index is 0.516. The number of nitrogens with two attached hydrogens (primary N) is 1. The third-order valence-electron chi connectivity index (χ3n) is 3.01. The maximum absolute atomic E-state index is 5.64. The SMILES string of the molecule is CCCc1ccc2c(c1)C(CCN)CO2. The first-order valence-corrected chi connectivity index (χ1v) is 5.80. The highest BCUT2D eigenvalue weighted by atomic mass is 16.5. The molecule has 2 nitrogen and oxygen atoms in total. The number of hydrogen-bond donors (Lipinski definition) is 1. The molecule has 2 N–H and O–H groups in total. The second-order valence-electron chi connectivity index (χ2n) is 4.21. The highest BCUT2D eigenvalue weighted by Crippen LogP contribution is 2.36. The van der Waals surface area contributed by atoms with Crippen molar-refractivity contribution in [2.24, 2.45) is 5.73 Å². The summed E-state index contributed by atoms with van der Waals surface area (Å²) in [7, 11) is 0. The van der Waals surface area contributed by atoms with E-state index in [0.29, 0.717) is 5.92 Å². The molecular weight excluding hydrogens is 186 g/mol. The standard InChI is InChI=1S/C13H19NO/c1-2-3-10-4-5-13-12(8-10)11(6-7-14)9-15-13/h4-5,8,11H,2-3,6-7,9,14H2,1H3. The van der Waals surface area contributed by atoms with Crippen molar-refractivity contribution in [2.45, 2.75) is 32.1 Å². The molecule has 0 saturated heterocycles. The topological polar surface area (TPSA) is 35.2 Å². The van der Waals surface area contributed by atoms with Crippen LogP contribution in [-0.4, -0.2) is 13.2 Å². The van der Waals surface area contributed by atoms with Gasteiger partial charge in [0.05, 0.1) is 6.61 Å². The summed E-state index contributed by atoms with van der Waals surface area (Å²) in [6, 6.07) is 6.58. The van der Waals surface area contributed by atoms with Crippen LogP contribution in [0.2, 0.25) is 0 Å². The molecule has 2 heteroatoms. The molecule has 1 atom stereocenters. The lowest BCUT2D eigenvalue weighted by atomic mass is 9.95. The van der Waals surface area contributed by atoms with Gasteiger partial charge in [-0.1, -0.05) is 25.5 Å². The van der Waals surface area contributed by atoms with Crippen LogP contribution in [0.15, 0.2) is 18.2 Å². The lowest BCUT2D eigenvalue weighted by Crippen LogP contribution is -2.08. The summed E-state index contributed by atoms with van der Waals surface area (Å²) < 4.78 is 5.64. The van der Waals surface area contributed by atoms with Crippen LogP contribution in [0.25, 0.3) is 0 Å². The highest BCUT2D eigenvalue weighted by molar-refractivity contribution is 5.42. The molecule has 1 aromatic carbocycles. The van der Waals surface area contributed by atoms with Crippen molar-refractivity contribution < 1.29 is 4.74 Å². The van der Waals surface area contributed by atoms with Gasteiger partial charge in [0.1, 0.15) is 5.75 Å². The summed E-state index contributed by atoms with van der Waals surface area (Å²) in [5, 5.41) is 0. The lowest BCUT2D eigenvalue weighted by molar-refractivity contribution is 0.326. The van der Waals surface area contributed by atoms with Crippen LogP contribution in [0.4, 0.5) is 0 Å². The van der Waals surface area contributed by atoms with Gasteiger partial charge >= 0.3 is 0 Å². The zero-order valence-corrected chi connectivity index (χ0v) is 9.33. The first kappa shape index (κ1) is 10.5. The molecule has 0 saturated carbocycles. The van der Waals surface area contributed by atoms with Gasteiger partial charge in [-0.2, -0.15) is 0 Å². The maximum Gasteiger partial charge on any atom is 0.122 e. The van der Waals surface area contributed by atoms with E-state index in [-0.39, 0.29) is 0 Å². The molecule has 15 heavy (non-hydrogen) atoms. The Labute approximate surface area is 91.4 Å². The van der Waals surface area contributed by atoms with Crippen molar-refractivity contribution in [3.8, 4) is 5.75 Å². The fraction of sp³-hybridized carbons (Fsp3) is 0.538. The fourth-order valence-corrected chi connectivity index (χ4v) is 2.21. The summed E-state index contributed by atoms with van der Waals surface area (Å²) in [5.41, 5.74) is 8.39. The first-order valence-electron chi connectivity index (χ1n) is 5.80. The van der Waals surface area contributed by atoms with Gasteiger partial charge in [-0.3, -0.25) is 0 Å². The minimum absolute atomic E-state index is 0.516. The molecule has 2 rings (SSSR count). The van der Waals surface area contributed by atoms with E-state index in [0.717, 1.165) is 31.7 Å². The Bertz CT molecular complexity index is 333. The average Bonchev–Trinajstić information content (AvgIpc) is 2.63. The van der Waals surface area contributed by atoms with Crippen LogP contribution < -0.4 is 10.5 Å². The lowest BCUT2D eigenvalue weighted by Gasteiger charge is -2.07. The van der Waals surface area contributed by atoms with Gasteiger partial charge in [0.2, 0.25) is 0 Å². The van der Waals surface area contributed by atoms with Crippen LogP contribution in [-0.2, 0) is 6.42 Å². The second-order valence-corrected chi connectivity index (χ2v) is 4.21. The normalized spacial score (nSPS) is 18.7. The molecule has 82 valence electrons. The molecule has 0 aliphatic carbocycles. The molecule has 1 aliphatic rings. The number of benzene rings is 1. The molecular formula is C13H19NO. The van der Waals surface area contributed by atoms with Gasteiger partial charge in [-0.05, 0) is 31.0 Å². The molecule has 0 radical (unpaired) electrons. The van der Waals surface area contributed by atoms with E-state index in [4.69, 9.17) is 10.5 Å². The van der Waals surface area contributed by atoms with Gasteiger partial charge in [-0.15, -0.1) is 0 Å². The van der Waals surface area contributed by atoms with Crippen LogP contribution in [0.3, 0.4) is 0 Å². The molecule has 1 unspecified atom stereocenters. The van der Waals surface area contributed by atoms with Gasteiger partial charge in [0.25, 0.3) is 0 Å². The van der Waals surface area contributed by atoms with Crippen molar-refractivity contribution >= 4 is 0 Å². The van der Waals surface area contributed by atoms with E-state index in [1.807, 2.05) is 0 Å². The Morgan fingerprint density at radius 3 is 3.07 bits per heavy atom. The third kappa shape index (κ3) is 2.15. The Kier molecular flexibility index (Phi) is 3.27.